The Morgan fingerprint density at radius 3 is 2.69 bits per heavy atom. The molecule has 0 bridgehead atoms. The summed E-state index contributed by atoms with van der Waals surface area (Å²) in [6.07, 6.45) is 0.272. The molecule has 0 fully saturated rings. The van der Waals surface area contributed by atoms with Gasteiger partial charge < -0.3 is 14.2 Å². The summed E-state index contributed by atoms with van der Waals surface area (Å²) < 4.78 is 16.1. The van der Waals surface area contributed by atoms with Crippen LogP contribution in [0.1, 0.15) is 18.1 Å². The minimum atomic E-state index is -1.80. The zero-order chi connectivity index (χ0) is 22.9. The maximum atomic E-state index is 13.4. The van der Waals surface area contributed by atoms with Gasteiger partial charge >= 0.3 is 11.7 Å². The molecular formula is C21H20N4O7. The predicted octanol–water partition coefficient (Wildman–Crippen LogP) is 1.84. The van der Waals surface area contributed by atoms with Gasteiger partial charge in [0.05, 0.1) is 36.3 Å². The fraction of sp³-hybridized carbons (Fsp3) is 0.286. The quantitative estimate of drug-likeness (QED) is 0.392. The maximum Gasteiger partial charge on any atom is 0.326 e. The molecule has 166 valence electrons. The van der Waals surface area contributed by atoms with Crippen LogP contribution in [0, 0.1) is 10.1 Å². The van der Waals surface area contributed by atoms with Gasteiger partial charge in [-0.15, -0.1) is 5.10 Å². The van der Waals surface area contributed by atoms with Crippen LogP contribution in [0.25, 0.3) is 0 Å². The lowest BCUT2D eigenvalue weighted by atomic mass is 10.0. The summed E-state index contributed by atoms with van der Waals surface area (Å²) in [5.74, 6) is -0.312. The van der Waals surface area contributed by atoms with Gasteiger partial charge in [0.1, 0.15) is 12.3 Å². The molecule has 2 heterocycles. The Labute approximate surface area is 182 Å². The Balaban J connectivity index is 1.64. The largest absolute Gasteiger partial charge is 0.497 e. The number of rotatable bonds is 7. The van der Waals surface area contributed by atoms with E-state index < -0.39 is 22.5 Å². The molecule has 0 saturated carbocycles. The van der Waals surface area contributed by atoms with Crippen LogP contribution in [-0.2, 0) is 31.2 Å². The number of carbonyl (C=O) groups excluding carboxylic acids is 2. The van der Waals surface area contributed by atoms with Crippen LogP contribution in [0.4, 0.5) is 11.4 Å². The van der Waals surface area contributed by atoms with Crippen molar-refractivity contribution in [2.24, 2.45) is 5.10 Å². The third-order valence-electron chi connectivity index (χ3n) is 5.12. The summed E-state index contributed by atoms with van der Waals surface area (Å²) in [6, 6.07) is 11.2. The topological polar surface area (TPSA) is 133 Å². The van der Waals surface area contributed by atoms with Crippen molar-refractivity contribution in [2.45, 2.75) is 19.1 Å². The highest BCUT2D eigenvalue weighted by molar-refractivity contribution is 6.10. The summed E-state index contributed by atoms with van der Waals surface area (Å²) in [4.78, 5) is 37.4. The van der Waals surface area contributed by atoms with Crippen LogP contribution < -0.4 is 15.1 Å². The number of hydrazone groups is 1. The molecule has 11 nitrogen and oxygen atoms in total. The summed E-state index contributed by atoms with van der Waals surface area (Å²) in [7, 11) is 1.57. The normalized spacial score (nSPS) is 18.6. The number of hydrogen-bond donors (Lipinski definition) is 1. The van der Waals surface area contributed by atoms with Gasteiger partial charge in [-0.05, 0) is 30.7 Å². The molecule has 0 aliphatic carbocycles. The van der Waals surface area contributed by atoms with Gasteiger partial charge in [-0.25, -0.2) is 0 Å². The number of methoxy groups -OCH3 is 1. The van der Waals surface area contributed by atoms with E-state index >= 15 is 0 Å². The first-order valence-corrected chi connectivity index (χ1v) is 9.80. The number of non-ortho nitro benzene ring substituents is 1. The van der Waals surface area contributed by atoms with E-state index in [2.05, 4.69) is 10.5 Å². The van der Waals surface area contributed by atoms with Crippen molar-refractivity contribution in [3.05, 3.63) is 63.7 Å². The number of ether oxygens (including phenoxy) is 3. The molecule has 1 N–H and O–H groups in total. The minimum Gasteiger partial charge on any atom is -0.497 e. The maximum absolute atomic E-state index is 13.4. The molecule has 32 heavy (non-hydrogen) atoms. The van der Waals surface area contributed by atoms with Gasteiger partial charge in [-0.1, -0.05) is 12.1 Å². The van der Waals surface area contributed by atoms with Crippen molar-refractivity contribution >= 4 is 29.1 Å². The van der Waals surface area contributed by atoms with Crippen molar-refractivity contribution in [3.8, 4) is 5.75 Å². The van der Waals surface area contributed by atoms with E-state index in [-0.39, 0.29) is 36.7 Å². The van der Waals surface area contributed by atoms with E-state index in [1.165, 1.54) is 23.1 Å². The number of nitro benzene ring substituents is 1. The molecule has 1 amide bonds. The lowest BCUT2D eigenvalue weighted by Crippen LogP contribution is -2.49. The number of nitrogens with one attached hydrogen (secondary N) is 1. The van der Waals surface area contributed by atoms with Crippen LogP contribution in [0.5, 0.6) is 5.75 Å². The zero-order valence-corrected chi connectivity index (χ0v) is 17.4. The molecular weight excluding hydrogens is 420 g/mol. The van der Waals surface area contributed by atoms with Gasteiger partial charge in [-0.2, -0.15) is 0 Å². The number of esters is 1. The molecule has 0 aromatic heterocycles. The second-order valence-corrected chi connectivity index (χ2v) is 7.08. The molecule has 1 spiro atoms. The molecule has 2 aromatic carbocycles. The van der Waals surface area contributed by atoms with Gasteiger partial charge in [0.25, 0.3) is 11.6 Å². The Morgan fingerprint density at radius 1 is 1.28 bits per heavy atom. The Kier molecular flexibility index (Phi) is 5.39. The number of anilines is 1. The summed E-state index contributed by atoms with van der Waals surface area (Å²) in [5.41, 5.74) is 2.06. The number of carbonyl (C=O) groups is 2. The molecule has 2 aromatic rings. The van der Waals surface area contributed by atoms with Crippen molar-refractivity contribution in [1.29, 1.82) is 0 Å². The molecule has 11 heteroatoms. The monoisotopic (exact) mass is 440 g/mol. The Morgan fingerprint density at radius 2 is 2.03 bits per heavy atom. The molecule has 0 saturated heterocycles. The second kappa shape index (κ2) is 8.17. The molecule has 1 atom stereocenters. The second-order valence-electron chi connectivity index (χ2n) is 7.08. The van der Waals surface area contributed by atoms with E-state index in [9.17, 15) is 19.7 Å². The zero-order valence-electron chi connectivity index (χ0n) is 17.4. The van der Waals surface area contributed by atoms with E-state index in [1.54, 1.807) is 26.2 Å². The van der Waals surface area contributed by atoms with Crippen molar-refractivity contribution in [1.82, 2.24) is 5.43 Å². The average molecular weight is 440 g/mol. The standard InChI is InChI=1S/C21H20N4O7/c1-3-31-19(26)12-24-17-9-6-14(25(28)29)11-16(17)21(20(24)27)23-22-18(32-21)10-13-4-7-15(30-2)8-5-13/h4-9,11,23H,3,10,12H2,1-2H3. The van der Waals surface area contributed by atoms with Crippen molar-refractivity contribution in [3.63, 3.8) is 0 Å². The fourth-order valence-corrected chi connectivity index (χ4v) is 3.63. The van der Waals surface area contributed by atoms with Crippen molar-refractivity contribution < 1.29 is 28.7 Å². The van der Waals surface area contributed by atoms with Crippen LogP contribution in [-0.4, -0.2) is 43.0 Å². The molecule has 2 aliphatic rings. The number of amides is 1. The van der Waals surface area contributed by atoms with Gasteiger partial charge in [-0.3, -0.25) is 30.0 Å². The number of hydrogen-bond acceptors (Lipinski definition) is 9. The van der Waals surface area contributed by atoms with Gasteiger partial charge in [0.2, 0.25) is 5.90 Å². The van der Waals surface area contributed by atoms with Gasteiger partial charge in [0, 0.05) is 12.1 Å². The number of nitro groups is 1. The number of benzene rings is 2. The summed E-state index contributed by atoms with van der Waals surface area (Å²) in [5, 5.41) is 15.5. The lowest BCUT2D eigenvalue weighted by Gasteiger charge is -2.23. The highest BCUT2D eigenvalue weighted by Gasteiger charge is 2.57. The molecule has 1 unspecified atom stereocenters. The third kappa shape index (κ3) is 3.57. The van der Waals surface area contributed by atoms with E-state index in [4.69, 9.17) is 14.2 Å². The van der Waals surface area contributed by atoms with E-state index in [0.29, 0.717) is 11.4 Å². The van der Waals surface area contributed by atoms with Crippen molar-refractivity contribution in [2.75, 3.05) is 25.2 Å². The van der Waals surface area contributed by atoms with Crippen LogP contribution in [0.3, 0.4) is 0 Å². The first-order chi connectivity index (χ1) is 15.4. The smallest absolute Gasteiger partial charge is 0.326 e. The first-order valence-electron chi connectivity index (χ1n) is 9.80. The highest BCUT2D eigenvalue weighted by Crippen LogP contribution is 2.44. The van der Waals surface area contributed by atoms with Gasteiger partial charge in [0.15, 0.2) is 0 Å². The lowest BCUT2D eigenvalue weighted by molar-refractivity contribution is -0.385. The molecule has 4 rings (SSSR count). The fourth-order valence-electron chi connectivity index (χ4n) is 3.63. The van der Waals surface area contributed by atoms with Crippen LogP contribution in [0.15, 0.2) is 47.6 Å². The summed E-state index contributed by atoms with van der Waals surface area (Å²) >= 11 is 0. The molecule has 2 aliphatic heterocycles. The Bertz CT molecular complexity index is 1120. The van der Waals surface area contributed by atoms with E-state index in [0.717, 1.165) is 5.56 Å². The predicted molar refractivity (Wildman–Crippen MR) is 112 cm³/mol. The highest BCUT2D eigenvalue weighted by atomic mass is 16.6. The van der Waals surface area contributed by atoms with E-state index in [1.807, 2.05) is 12.1 Å². The third-order valence-corrected chi connectivity index (χ3v) is 5.12. The Hall–Kier alpha value is -4.15. The SMILES string of the molecule is CCOC(=O)CN1C(=O)C2(NN=C(Cc3ccc(OC)cc3)O2)c2cc([N+](=O)[O-])ccc21. The average Bonchev–Trinajstić information content (AvgIpc) is 3.30. The van der Waals surface area contributed by atoms with Crippen LogP contribution >= 0.6 is 0 Å². The van der Waals surface area contributed by atoms with Crippen LogP contribution in [0.2, 0.25) is 0 Å². The first kappa shape index (κ1) is 21.1. The minimum absolute atomic E-state index is 0.156. The number of nitrogens with zero attached hydrogens (tertiary/aromatic N) is 3. The molecule has 0 radical (unpaired) electrons. The number of fused-ring (bicyclic) bond motifs is 2. The summed E-state index contributed by atoms with van der Waals surface area (Å²) in [6.45, 7) is 1.45.